The molecule has 0 aliphatic rings. The fourth-order valence-electron chi connectivity index (χ4n) is 2.76. The van der Waals surface area contributed by atoms with Gasteiger partial charge in [0, 0.05) is 36.7 Å². The Balaban J connectivity index is 1.56. The van der Waals surface area contributed by atoms with E-state index in [2.05, 4.69) is 25.0 Å². The fourth-order valence-corrected chi connectivity index (χ4v) is 2.76. The van der Waals surface area contributed by atoms with E-state index in [1.54, 1.807) is 18.7 Å². The maximum Gasteiger partial charge on any atom is 0.137 e. The van der Waals surface area contributed by atoms with Crippen molar-refractivity contribution in [1.29, 1.82) is 0 Å². The number of nitrogens with zero attached hydrogens (tertiary/aromatic N) is 6. The second-order valence-electron chi connectivity index (χ2n) is 5.90. The monoisotopic (exact) mass is 334 g/mol. The highest BCUT2D eigenvalue weighted by Gasteiger charge is 2.12. The lowest BCUT2D eigenvalue weighted by atomic mass is 10.3. The third kappa shape index (κ3) is 3.50. The van der Waals surface area contributed by atoms with Gasteiger partial charge in [0.05, 0.1) is 19.3 Å². The summed E-state index contributed by atoms with van der Waals surface area (Å²) in [7, 11) is 0. The lowest BCUT2D eigenvalue weighted by molar-refractivity contribution is 0.521. The zero-order valence-corrected chi connectivity index (χ0v) is 13.9. The molecule has 0 spiro atoms. The molecule has 0 aromatic carbocycles. The molecular weight excluding hydrogens is 316 g/mol. The minimum Gasteiger partial charge on any atom is -0.459 e. The molecule has 4 aromatic heterocycles. The molecule has 4 heterocycles. The molecule has 0 N–H and O–H groups in total. The number of fused-ring (bicyclic) bond motifs is 1. The van der Waals surface area contributed by atoms with Crippen molar-refractivity contribution in [2.75, 3.05) is 11.4 Å². The second-order valence-corrected chi connectivity index (χ2v) is 5.90. The molecule has 0 bridgehead atoms. The van der Waals surface area contributed by atoms with Crippen molar-refractivity contribution in [3.8, 4) is 0 Å². The molecule has 7 nitrogen and oxygen atoms in total. The minimum atomic E-state index is 0.617. The lowest BCUT2D eigenvalue weighted by Gasteiger charge is -2.22. The molecule has 0 aliphatic carbocycles. The van der Waals surface area contributed by atoms with Gasteiger partial charge in [-0.3, -0.25) is 9.67 Å². The maximum absolute atomic E-state index is 5.93. The highest BCUT2D eigenvalue weighted by atomic mass is 16.3. The summed E-state index contributed by atoms with van der Waals surface area (Å²) in [6.07, 6.45) is 10.7. The van der Waals surface area contributed by atoms with Gasteiger partial charge in [0.25, 0.3) is 0 Å². The Bertz CT molecular complexity index is 929. The van der Waals surface area contributed by atoms with E-state index in [0.717, 1.165) is 41.2 Å². The van der Waals surface area contributed by atoms with Gasteiger partial charge in [-0.05, 0) is 30.7 Å². The van der Waals surface area contributed by atoms with Gasteiger partial charge >= 0.3 is 0 Å². The first kappa shape index (κ1) is 15.3. The topological polar surface area (TPSA) is 72.9 Å². The van der Waals surface area contributed by atoms with Crippen molar-refractivity contribution in [2.45, 2.75) is 20.0 Å². The average molecular weight is 334 g/mol. The predicted octanol–water partition coefficient (Wildman–Crippen LogP) is 2.83. The van der Waals surface area contributed by atoms with Crippen LogP contribution in [0.5, 0.6) is 0 Å². The molecule has 4 rings (SSSR count). The van der Waals surface area contributed by atoms with Gasteiger partial charge < -0.3 is 9.32 Å². The summed E-state index contributed by atoms with van der Waals surface area (Å²) < 4.78 is 7.87. The Morgan fingerprint density at radius 2 is 2.08 bits per heavy atom. The second kappa shape index (κ2) is 6.72. The quantitative estimate of drug-likeness (QED) is 0.540. The number of anilines is 1. The fraction of sp³-hybridized carbons (Fsp3) is 0.222. The first-order valence-electron chi connectivity index (χ1n) is 8.10. The normalized spacial score (nSPS) is 11.1. The number of furan rings is 1. The lowest BCUT2D eigenvalue weighted by Crippen LogP contribution is -2.27. The summed E-state index contributed by atoms with van der Waals surface area (Å²) in [6, 6.07) is 5.80. The van der Waals surface area contributed by atoms with Crippen LogP contribution in [0.15, 0.2) is 59.9 Å². The highest BCUT2D eigenvalue weighted by molar-refractivity contribution is 5.76. The van der Waals surface area contributed by atoms with E-state index in [0.29, 0.717) is 6.54 Å². The summed E-state index contributed by atoms with van der Waals surface area (Å²) in [6.45, 7) is 4.17. The number of hydrogen-bond donors (Lipinski definition) is 0. The summed E-state index contributed by atoms with van der Waals surface area (Å²) >= 11 is 0. The number of pyridine rings is 1. The van der Waals surface area contributed by atoms with Crippen LogP contribution >= 0.6 is 0 Å². The van der Waals surface area contributed by atoms with E-state index in [4.69, 9.17) is 4.42 Å². The Hall–Kier alpha value is -3.22. The van der Waals surface area contributed by atoms with Crippen LogP contribution in [0.1, 0.15) is 11.3 Å². The van der Waals surface area contributed by atoms with Gasteiger partial charge in [0.1, 0.15) is 23.5 Å². The third-order valence-corrected chi connectivity index (χ3v) is 3.97. The Kier molecular flexibility index (Phi) is 4.12. The molecule has 126 valence electrons. The molecule has 0 amide bonds. The maximum atomic E-state index is 5.93. The Morgan fingerprint density at radius 3 is 2.84 bits per heavy atom. The van der Waals surface area contributed by atoms with Gasteiger partial charge in [-0.2, -0.15) is 5.10 Å². The standard InChI is InChI=1S/C18H18N6O/c1-14-9-22-24(11-14)7-6-23(18-3-5-20-13-21-18)12-16-8-15-10-19-4-2-17(15)25-16/h2-5,8-11,13H,6-7,12H2,1H3. The van der Waals surface area contributed by atoms with Gasteiger partial charge in [-0.25, -0.2) is 9.97 Å². The molecule has 0 saturated heterocycles. The van der Waals surface area contributed by atoms with E-state index in [9.17, 15) is 0 Å². The van der Waals surface area contributed by atoms with Crippen molar-refractivity contribution in [2.24, 2.45) is 0 Å². The van der Waals surface area contributed by atoms with Gasteiger partial charge in [-0.1, -0.05) is 0 Å². The number of aryl methyl sites for hydroxylation is 1. The van der Waals surface area contributed by atoms with Gasteiger partial charge in [0.15, 0.2) is 0 Å². The molecule has 0 radical (unpaired) electrons. The molecule has 25 heavy (non-hydrogen) atoms. The molecule has 0 fully saturated rings. The van der Waals surface area contributed by atoms with Crippen molar-refractivity contribution in [1.82, 2.24) is 24.7 Å². The third-order valence-electron chi connectivity index (χ3n) is 3.97. The summed E-state index contributed by atoms with van der Waals surface area (Å²) in [5, 5.41) is 5.35. The van der Waals surface area contributed by atoms with E-state index < -0.39 is 0 Å². The zero-order chi connectivity index (χ0) is 17.1. The van der Waals surface area contributed by atoms with Crippen LogP contribution in [-0.4, -0.2) is 31.3 Å². The SMILES string of the molecule is Cc1cnn(CCN(Cc2cc3cnccc3o2)c2ccncn2)c1. The van der Waals surface area contributed by atoms with Crippen molar-refractivity contribution in [3.63, 3.8) is 0 Å². The first-order valence-corrected chi connectivity index (χ1v) is 8.10. The Morgan fingerprint density at radius 1 is 1.16 bits per heavy atom. The van der Waals surface area contributed by atoms with Crippen LogP contribution in [0.4, 0.5) is 5.82 Å². The summed E-state index contributed by atoms with van der Waals surface area (Å²) in [5.41, 5.74) is 1.99. The molecule has 4 aromatic rings. The molecule has 0 atom stereocenters. The molecule has 0 aliphatic heterocycles. The average Bonchev–Trinajstić information content (AvgIpc) is 3.24. The van der Waals surface area contributed by atoms with E-state index in [1.165, 1.54) is 0 Å². The van der Waals surface area contributed by atoms with Crippen LogP contribution in [0.3, 0.4) is 0 Å². The van der Waals surface area contributed by atoms with Gasteiger partial charge in [0.2, 0.25) is 0 Å². The van der Waals surface area contributed by atoms with Crippen molar-refractivity contribution >= 4 is 16.8 Å². The summed E-state index contributed by atoms with van der Waals surface area (Å²) in [4.78, 5) is 14.7. The van der Waals surface area contributed by atoms with Crippen LogP contribution in [0, 0.1) is 6.92 Å². The molecule has 0 unspecified atom stereocenters. The summed E-state index contributed by atoms with van der Waals surface area (Å²) in [5.74, 6) is 1.73. The van der Waals surface area contributed by atoms with E-state index >= 15 is 0 Å². The smallest absolute Gasteiger partial charge is 0.137 e. The van der Waals surface area contributed by atoms with E-state index in [1.807, 2.05) is 48.4 Å². The first-order chi connectivity index (χ1) is 12.3. The van der Waals surface area contributed by atoms with E-state index in [-0.39, 0.29) is 0 Å². The van der Waals surface area contributed by atoms with Gasteiger partial charge in [-0.15, -0.1) is 0 Å². The zero-order valence-electron chi connectivity index (χ0n) is 13.9. The number of hydrogen-bond acceptors (Lipinski definition) is 6. The van der Waals surface area contributed by atoms with Crippen LogP contribution in [0.2, 0.25) is 0 Å². The number of aromatic nitrogens is 5. The molecule has 7 heteroatoms. The van der Waals surface area contributed by atoms with Crippen molar-refractivity contribution in [3.05, 3.63) is 66.8 Å². The molecule has 0 saturated carbocycles. The number of rotatable bonds is 6. The predicted molar refractivity (Wildman–Crippen MR) is 94.1 cm³/mol. The van der Waals surface area contributed by atoms with Crippen molar-refractivity contribution < 1.29 is 4.42 Å². The molecular formula is C18H18N6O. The minimum absolute atomic E-state index is 0.617. The Labute approximate surface area is 145 Å². The van der Waals surface area contributed by atoms with Crippen LogP contribution in [0.25, 0.3) is 11.0 Å². The largest absolute Gasteiger partial charge is 0.459 e. The van der Waals surface area contributed by atoms with Crippen LogP contribution in [-0.2, 0) is 13.1 Å². The van der Waals surface area contributed by atoms with Crippen LogP contribution < -0.4 is 4.90 Å². The highest BCUT2D eigenvalue weighted by Crippen LogP contribution is 2.21.